The Bertz CT molecular complexity index is 902. The number of azo groups is 1. The summed E-state index contributed by atoms with van der Waals surface area (Å²) >= 11 is 0. The van der Waals surface area contributed by atoms with Gasteiger partial charge in [0.1, 0.15) is 0 Å². The summed E-state index contributed by atoms with van der Waals surface area (Å²) in [7, 11) is 0. The van der Waals surface area contributed by atoms with E-state index in [2.05, 4.69) is 22.1 Å². The fourth-order valence-corrected chi connectivity index (χ4v) is 3.62. The first-order valence-corrected chi connectivity index (χ1v) is 11.4. The minimum absolute atomic E-state index is 0.282. The summed E-state index contributed by atoms with van der Waals surface area (Å²) in [6.45, 7) is 7.51. The number of unbranched alkanes of at least 4 members (excludes halogenated alkanes) is 2. The summed E-state index contributed by atoms with van der Waals surface area (Å²) in [5.74, 6) is -0.0579. The lowest BCUT2D eigenvalue weighted by atomic mass is 10.1. The Morgan fingerprint density at radius 1 is 0.844 bits per heavy atom. The Kier molecular flexibility index (Phi) is 8.78. The van der Waals surface area contributed by atoms with E-state index in [1.54, 1.807) is 31.2 Å². The average molecular weight is 437 g/mol. The van der Waals surface area contributed by atoms with E-state index in [0.29, 0.717) is 24.3 Å². The highest BCUT2D eigenvalue weighted by Crippen LogP contribution is 2.23. The van der Waals surface area contributed by atoms with Crippen molar-refractivity contribution in [3.63, 3.8) is 0 Å². The third kappa shape index (κ3) is 6.64. The van der Waals surface area contributed by atoms with Crippen LogP contribution in [-0.2, 0) is 9.53 Å². The van der Waals surface area contributed by atoms with E-state index in [1.165, 1.54) is 0 Å². The predicted molar refractivity (Wildman–Crippen MR) is 126 cm³/mol. The Labute approximate surface area is 190 Å². The quantitative estimate of drug-likeness (QED) is 0.295. The van der Waals surface area contributed by atoms with Crippen molar-refractivity contribution in [3.05, 3.63) is 54.1 Å². The Balaban J connectivity index is 1.50. The zero-order valence-electron chi connectivity index (χ0n) is 19.0. The normalized spacial score (nSPS) is 14.1. The first-order chi connectivity index (χ1) is 15.6. The van der Waals surface area contributed by atoms with Crippen molar-refractivity contribution in [2.75, 3.05) is 37.7 Å². The van der Waals surface area contributed by atoms with Crippen LogP contribution in [0, 0.1) is 0 Å². The molecule has 1 amide bonds. The van der Waals surface area contributed by atoms with E-state index in [1.807, 2.05) is 29.2 Å². The lowest BCUT2D eigenvalue weighted by Gasteiger charge is -2.36. The number of rotatable bonds is 9. The van der Waals surface area contributed by atoms with Crippen LogP contribution in [0.15, 0.2) is 58.8 Å². The van der Waals surface area contributed by atoms with Gasteiger partial charge in [-0.15, -0.1) is 0 Å². The van der Waals surface area contributed by atoms with Crippen molar-refractivity contribution >= 4 is 28.9 Å². The molecule has 1 aliphatic heterocycles. The highest BCUT2D eigenvalue weighted by Gasteiger charge is 2.20. The van der Waals surface area contributed by atoms with Crippen LogP contribution in [-0.4, -0.2) is 49.6 Å². The smallest absolute Gasteiger partial charge is 0.338 e. The molecule has 2 aromatic carbocycles. The van der Waals surface area contributed by atoms with Crippen LogP contribution < -0.4 is 4.90 Å². The molecule has 0 bridgehead atoms. The third-order valence-corrected chi connectivity index (χ3v) is 5.50. The first-order valence-electron chi connectivity index (χ1n) is 11.4. The summed E-state index contributed by atoms with van der Waals surface area (Å²) in [4.78, 5) is 28.3. The topological polar surface area (TPSA) is 74.6 Å². The summed E-state index contributed by atoms with van der Waals surface area (Å²) in [6.07, 6.45) is 3.91. The molecule has 2 aromatic rings. The molecular weight excluding hydrogens is 404 g/mol. The number of amides is 1. The Morgan fingerprint density at radius 2 is 1.44 bits per heavy atom. The number of nitrogens with zero attached hydrogens (tertiary/aromatic N) is 4. The molecule has 3 rings (SSSR count). The second-order valence-electron chi connectivity index (χ2n) is 7.81. The number of carbonyl (C=O) groups is 2. The van der Waals surface area contributed by atoms with Gasteiger partial charge in [0.15, 0.2) is 0 Å². The standard InChI is InChI=1S/C25H32N4O3/c1-3-5-6-7-24(30)29-18-16-28(17-19-29)23-14-12-22(13-15-23)27-26-21-10-8-20(9-11-21)25(31)32-4-2/h8-15H,3-7,16-19H2,1-2H3. The maximum Gasteiger partial charge on any atom is 0.338 e. The number of piperazine rings is 1. The van der Waals surface area contributed by atoms with Crippen LogP contribution in [0.2, 0.25) is 0 Å². The first kappa shape index (κ1) is 23.4. The maximum absolute atomic E-state index is 12.3. The molecule has 1 fully saturated rings. The number of benzene rings is 2. The molecule has 1 aliphatic rings. The highest BCUT2D eigenvalue weighted by molar-refractivity contribution is 5.89. The van der Waals surface area contributed by atoms with Crippen LogP contribution in [0.3, 0.4) is 0 Å². The van der Waals surface area contributed by atoms with Crippen molar-refractivity contribution in [1.29, 1.82) is 0 Å². The van der Waals surface area contributed by atoms with Crippen molar-refractivity contribution < 1.29 is 14.3 Å². The van der Waals surface area contributed by atoms with E-state index < -0.39 is 0 Å². The second-order valence-corrected chi connectivity index (χ2v) is 7.81. The van der Waals surface area contributed by atoms with Gasteiger partial charge < -0.3 is 14.5 Å². The third-order valence-electron chi connectivity index (χ3n) is 5.50. The molecule has 0 saturated carbocycles. The van der Waals surface area contributed by atoms with Crippen LogP contribution in [0.4, 0.5) is 17.1 Å². The number of hydrogen-bond acceptors (Lipinski definition) is 6. The molecule has 0 unspecified atom stereocenters. The number of anilines is 1. The van der Waals surface area contributed by atoms with Crippen molar-refractivity contribution in [3.8, 4) is 0 Å². The minimum Gasteiger partial charge on any atom is -0.462 e. The SMILES string of the molecule is CCCCCC(=O)N1CCN(c2ccc(N=Nc3ccc(C(=O)OCC)cc3)cc2)CC1. The molecule has 0 atom stereocenters. The lowest BCUT2D eigenvalue weighted by molar-refractivity contribution is -0.131. The Hall–Kier alpha value is -3.22. The van der Waals surface area contributed by atoms with Crippen molar-refractivity contribution in [1.82, 2.24) is 4.90 Å². The molecule has 7 heteroatoms. The molecule has 32 heavy (non-hydrogen) atoms. The van der Waals surface area contributed by atoms with Gasteiger partial charge >= 0.3 is 5.97 Å². The van der Waals surface area contributed by atoms with Crippen molar-refractivity contribution in [2.45, 2.75) is 39.5 Å². The van der Waals surface area contributed by atoms with Gasteiger partial charge in [-0.25, -0.2) is 4.79 Å². The van der Waals surface area contributed by atoms with Gasteiger partial charge in [-0.3, -0.25) is 4.79 Å². The summed E-state index contributed by atoms with van der Waals surface area (Å²) < 4.78 is 4.98. The van der Waals surface area contributed by atoms with Gasteiger partial charge in [0.05, 0.1) is 23.5 Å². The number of esters is 1. The number of hydrogen-bond donors (Lipinski definition) is 0. The fourth-order valence-electron chi connectivity index (χ4n) is 3.62. The van der Waals surface area contributed by atoms with Gasteiger partial charge in [-0.2, -0.15) is 10.2 Å². The number of carbonyl (C=O) groups excluding carboxylic acids is 2. The fraction of sp³-hybridized carbons (Fsp3) is 0.440. The molecule has 1 saturated heterocycles. The molecule has 0 aliphatic carbocycles. The predicted octanol–water partition coefficient (Wildman–Crippen LogP) is 5.51. The van der Waals surface area contributed by atoms with Crippen LogP contribution in [0.1, 0.15) is 49.9 Å². The van der Waals surface area contributed by atoms with E-state index in [4.69, 9.17) is 4.74 Å². The van der Waals surface area contributed by atoms with Gasteiger partial charge in [-0.05, 0) is 61.9 Å². The number of ether oxygens (including phenoxy) is 1. The highest BCUT2D eigenvalue weighted by atomic mass is 16.5. The molecule has 1 heterocycles. The molecule has 0 radical (unpaired) electrons. The molecular formula is C25H32N4O3. The molecule has 0 spiro atoms. The van der Waals surface area contributed by atoms with Gasteiger partial charge in [0, 0.05) is 38.3 Å². The molecule has 0 N–H and O–H groups in total. The maximum atomic E-state index is 12.3. The van der Waals surface area contributed by atoms with Crippen LogP contribution in [0.5, 0.6) is 0 Å². The second kappa shape index (κ2) is 12.0. The van der Waals surface area contributed by atoms with Gasteiger partial charge in [-0.1, -0.05) is 19.8 Å². The van der Waals surface area contributed by atoms with Crippen molar-refractivity contribution in [2.24, 2.45) is 10.2 Å². The molecule has 7 nitrogen and oxygen atoms in total. The summed E-state index contributed by atoms with van der Waals surface area (Å²) in [6, 6.07) is 14.8. The van der Waals surface area contributed by atoms with Gasteiger partial charge in [0.25, 0.3) is 0 Å². The summed E-state index contributed by atoms with van der Waals surface area (Å²) in [5, 5.41) is 8.52. The lowest BCUT2D eigenvalue weighted by Crippen LogP contribution is -2.48. The van der Waals surface area contributed by atoms with Crippen LogP contribution >= 0.6 is 0 Å². The summed E-state index contributed by atoms with van der Waals surface area (Å²) in [5.41, 5.74) is 3.05. The van der Waals surface area contributed by atoms with Gasteiger partial charge in [0.2, 0.25) is 5.91 Å². The van der Waals surface area contributed by atoms with Crippen LogP contribution in [0.25, 0.3) is 0 Å². The van der Waals surface area contributed by atoms with E-state index in [-0.39, 0.29) is 11.9 Å². The molecule has 0 aromatic heterocycles. The minimum atomic E-state index is -0.340. The van der Waals surface area contributed by atoms with E-state index in [9.17, 15) is 9.59 Å². The molecule has 170 valence electrons. The van der Waals surface area contributed by atoms with E-state index >= 15 is 0 Å². The zero-order valence-corrected chi connectivity index (χ0v) is 19.0. The average Bonchev–Trinajstić information content (AvgIpc) is 2.84. The largest absolute Gasteiger partial charge is 0.462 e. The Morgan fingerprint density at radius 3 is 2.00 bits per heavy atom. The van der Waals surface area contributed by atoms with E-state index in [0.717, 1.165) is 56.8 Å². The zero-order chi connectivity index (χ0) is 22.8. The monoisotopic (exact) mass is 436 g/mol.